The van der Waals surface area contributed by atoms with Crippen molar-refractivity contribution in [3.63, 3.8) is 0 Å². The first-order valence-electron chi connectivity index (χ1n) is 5.49. The highest BCUT2D eigenvalue weighted by molar-refractivity contribution is 9.10. The lowest BCUT2D eigenvalue weighted by atomic mass is 10.1. The maximum Gasteiger partial charge on any atom is 0.194 e. The summed E-state index contributed by atoms with van der Waals surface area (Å²) in [7, 11) is 1.60. The van der Waals surface area contributed by atoms with Crippen LogP contribution in [0, 0.1) is 0 Å². The van der Waals surface area contributed by atoms with E-state index < -0.39 is 0 Å². The minimum atomic E-state index is 0.535. The second-order valence-corrected chi connectivity index (χ2v) is 5.65. The van der Waals surface area contributed by atoms with Crippen LogP contribution in [0.25, 0.3) is 16.2 Å². The topological polar surface area (TPSA) is 43.6 Å². The van der Waals surface area contributed by atoms with E-state index in [1.54, 1.807) is 11.5 Å². The molecule has 0 aliphatic carbocycles. The van der Waals surface area contributed by atoms with Crippen LogP contribution in [-0.4, -0.2) is 22.8 Å². The number of aromatic nitrogens is 2. The predicted molar refractivity (Wildman–Crippen MR) is 78.1 cm³/mol. The summed E-state index contributed by atoms with van der Waals surface area (Å²) in [6.45, 7) is 0. The summed E-state index contributed by atoms with van der Waals surface area (Å²) in [6.07, 6.45) is 2.66. The summed E-state index contributed by atoms with van der Waals surface area (Å²) in [5, 5.41) is 1.90. The van der Waals surface area contributed by atoms with Crippen molar-refractivity contribution in [2.24, 2.45) is 0 Å². The number of thiazole rings is 1. The summed E-state index contributed by atoms with van der Waals surface area (Å²) < 4.78 is 8.04. The number of carbonyl (C=O) groups is 1. The molecule has 1 aromatic carbocycles. The molecule has 3 aromatic rings. The molecule has 2 aromatic heterocycles. The summed E-state index contributed by atoms with van der Waals surface area (Å²) >= 11 is 4.92. The third-order valence-corrected chi connectivity index (χ3v) is 4.08. The quantitative estimate of drug-likeness (QED) is 0.685. The van der Waals surface area contributed by atoms with Gasteiger partial charge in [0.2, 0.25) is 0 Å². The molecule has 4 nitrogen and oxygen atoms in total. The number of hydrogen-bond donors (Lipinski definition) is 0. The van der Waals surface area contributed by atoms with Crippen LogP contribution in [-0.2, 0) is 0 Å². The number of imidazole rings is 1. The van der Waals surface area contributed by atoms with Crippen LogP contribution < -0.4 is 4.74 Å². The van der Waals surface area contributed by atoms with Crippen molar-refractivity contribution in [3.05, 3.63) is 39.9 Å². The van der Waals surface area contributed by atoms with Crippen molar-refractivity contribution in [3.8, 4) is 17.0 Å². The standard InChI is InChI=1S/C13H9BrN2O2S/c1-18-11-3-2-8(14)6-9(11)12-10(7-17)16-4-5-19-13(16)15-12/h2-7H,1H3. The van der Waals surface area contributed by atoms with Gasteiger partial charge in [0, 0.05) is 21.6 Å². The third kappa shape index (κ3) is 1.97. The molecular formula is C13H9BrN2O2S. The van der Waals surface area contributed by atoms with E-state index in [2.05, 4.69) is 20.9 Å². The number of rotatable bonds is 3. The molecule has 0 radical (unpaired) electrons. The molecule has 96 valence electrons. The number of hydrogen-bond acceptors (Lipinski definition) is 4. The maximum absolute atomic E-state index is 11.3. The van der Waals surface area contributed by atoms with Crippen molar-refractivity contribution >= 4 is 38.5 Å². The number of methoxy groups -OCH3 is 1. The highest BCUT2D eigenvalue weighted by Crippen LogP contribution is 2.34. The van der Waals surface area contributed by atoms with Gasteiger partial charge in [0.05, 0.1) is 7.11 Å². The van der Waals surface area contributed by atoms with Crippen LogP contribution in [0.1, 0.15) is 10.5 Å². The Bertz CT molecular complexity index is 763. The Hall–Kier alpha value is -1.66. The fraction of sp³-hybridized carbons (Fsp3) is 0.0769. The Kier molecular flexibility index (Phi) is 3.12. The van der Waals surface area contributed by atoms with E-state index in [4.69, 9.17) is 4.74 Å². The lowest BCUT2D eigenvalue weighted by Gasteiger charge is -2.07. The van der Waals surface area contributed by atoms with Gasteiger partial charge in [-0.1, -0.05) is 15.9 Å². The lowest BCUT2D eigenvalue weighted by Crippen LogP contribution is -1.93. The van der Waals surface area contributed by atoms with E-state index in [9.17, 15) is 4.79 Å². The molecule has 2 heterocycles. The summed E-state index contributed by atoms with van der Waals surface area (Å²) in [5.74, 6) is 0.692. The molecule has 0 fully saturated rings. The number of ether oxygens (including phenoxy) is 1. The van der Waals surface area contributed by atoms with Gasteiger partial charge >= 0.3 is 0 Å². The van der Waals surface area contributed by atoms with Crippen LogP contribution in [0.15, 0.2) is 34.2 Å². The van der Waals surface area contributed by atoms with Gasteiger partial charge in [-0.25, -0.2) is 4.98 Å². The fourth-order valence-electron chi connectivity index (χ4n) is 1.98. The van der Waals surface area contributed by atoms with Crippen molar-refractivity contribution in [1.82, 2.24) is 9.38 Å². The molecule has 19 heavy (non-hydrogen) atoms. The number of fused-ring (bicyclic) bond motifs is 1. The van der Waals surface area contributed by atoms with Gasteiger partial charge in [0.1, 0.15) is 17.1 Å². The Labute approximate surface area is 121 Å². The predicted octanol–water partition coefficient (Wildman–Crippen LogP) is 3.65. The molecule has 0 saturated heterocycles. The van der Waals surface area contributed by atoms with Gasteiger partial charge in [-0.05, 0) is 18.2 Å². The van der Waals surface area contributed by atoms with Crippen LogP contribution in [0.4, 0.5) is 0 Å². The zero-order valence-corrected chi connectivity index (χ0v) is 12.4. The first-order chi connectivity index (χ1) is 9.24. The first kappa shape index (κ1) is 12.4. The average molecular weight is 337 g/mol. The number of halogens is 1. The van der Waals surface area contributed by atoms with E-state index in [-0.39, 0.29) is 0 Å². The lowest BCUT2D eigenvalue weighted by molar-refractivity contribution is 0.111. The molecule has 0 N–H and O–H groups in total. The Morgan fingerprint density at radius 1 is 1.47 bits per heavy atom. The van der Waals surface area contributed by atoms with Gasteiger partial charge in [-0.15, -0.1) is 11.3 Å². The summed E-state index contributed by atoms with van der Waals surface area (Å²) in [5.41, 5.74) is 1.97. The van der Waals surface area contributed by atoms with Gasteiger partial charge in [0.15, 0.2) is 11.2 Å². The highest BCUT2D eigenvalue weighted by Gasteiger charge is 2.17. The molecule has 0 bridgehead atoms. The minimum Gasteiger partial charge on any atom is -0.496 e. The normalized spacial score (nSPS) is 10.8. The van der Waals surface area contributed by atoms with Crippen LogP contribution >= 0.6 is 27.3 Å². The minimum absolute atomic E-state index is 0.535. The first-order valence-corrected chi connectivity index (χ1v) is 7.16. The maximum atomic E-state index is 11.3. The molecular weight excluding hydrogens is 328 g/mol. The van der Waals surface area contributed by atoms with E-state index in [1.165, 1.54) is 11.3 Å². The number of aldehydes is 1. The molecule has 0 amide bonds. The van der Waals surface area contributed by atoms with Gasteiger partial charge in [-0.2, -0.15) is 0 Å². The smallest absolute Gasteiger partial charge is 0.194 e. The van der Waals surface area contributed by atoms with Crippen LogP contribution in [0.2, 0.25) is 0 Å². The largest absolute Gasteiger partial charge is 0.496 e. The van der Waals surface area contributed by atoms with Gasteiger partial charge < -0.3 is 4.74 Å². The second kappa shape index (κ2) is 4.79. The van der Waals surface area contributed by atoms with Crippen molar-refractivity contribution < 1.29 is 9.53 Å². The monoisotopic (exact) mass is 336 g/mol. The van der Waals surface area contributed by atoms with Gasteiger partial charge in [0.25, 0.3) is 0 Å². The molecule has 0 atom stereocenters. The summed E-state index contributed by atoms with van der Waals surface area (Å²) in [4.78, 5) is 16.7. The molecule has 6 heteroatoms. The zero-order valence-electron chi connectivity index (χ0n) is 9.96. The number of nitrogens with zero attached hydrogens (tertiary/aromatic N) is 2. The van der Waals surface area contributed by atoms with E-state index >= 15 is 0 Å². The zero-order chi connectivity index (χ0) is 13.4. The molecule has 0 aliphatic heterocycles. The molecule has 0 unspecified atom stereocenters. The van der Waals surface area contributed by atoms with Crippen molar-refractivity contribution in [1.29, 1.82) is 0 Å². The van der Waals surface area contributed by atoms with Gasteiger partial charge in [-0.3, -0.25) is 9.20 Å². The highest BCUT2D eigenvalue weighted by atomic mass is 79.9. The van der Waals surface area contributed by atoms with Crippen LogP contribution in [0.5, 0.6) is 5.75 Å². The molecule has 0 spiro atoms. The second-order valence-electron chi connectivity index (χ2n) is 3.86. The van der Waals surface area contributed by atoms with Crippen LogP contribution in [0.3, 0.4) is 0 Å². The van der Waals surface area contributed by atoms with Crippen molar-refractivity contribution in [2.75, 3.05) is 7.11 Å². The Morgan fingerprint density at radius 2 is 2.32 bits per heavy atom. The van der Waals surface area contributed by atoms with E-state index in [0.717, 1.165) is 21.3 Å². The molecule has 0 aliphatic rings. The molecule has 3 rings (SSSR count). The average Bonchev–Trinajstić information content (AvgIpc) is 2.98. The fourth-order valence-corrected chi connectivity index (χ4v) is 3.06. The number of carbonyl (C=O) groups excluding carboxylic acids is 1. The summed E-state index contributed by atoms with van der Waals surface area (Å²) in [6, 6.07) is 5.64. The Morgan fingerprint density at radius 3 is 3.05 bits per heavy atom. The van der Waals surface area contributed by atoms with E-state index in [1.807, 2.05) is 29.8 Å². The van der Waals surface area contributed by atoms with E-state index in [0.29, 0.717) is 17.1 Å². The SMILES string of the molecule is COc1ccc(Br)cc1-c1nc2sccn2c1C=O. The molecule has 0 saturated carbocycles. The Balaban J connectivity index is 2.31. The number of benzene rings is 1. The third-order valence-electron chi connectivity index (χ3n) is 2.83. The van der Waals surface area contributed by atoms with Crippen molar-refractivity contribution in [2.45, 2.75) is 0 Å².